The molecule has 8 heteroatoms. The molecule has 0 spiro atoms. The van der Waals surface area contributed by atoms with E-state index in [0.717, 1.165) is 40.2 Å². The van der Waals surface area contributed by atoms with Crippen LogP contribution in [0.2, 0.25) is 0 Å². The number of anilines is 1. The molecule has 1 fully saturated rings. The summed E-state index contributed by atoms with van der Waals surface area (Å²) in [6.07, 6.45) is 0.0517. The largest absolute Gasteiger partial charge is 0.497 e. The minimum atomic E-state index is -0.0684. The summed E-state index contributed by atoms with van der Waals surface area (Å²) < 4.78 is 13.5. The molecule has 0 radical (unpaired) electrons. The van der Waals surface area contributed by atoms with E-state index in [2.05, 4.69) is 44.7 Å². The van der Waals surface area contributed by atoms with Gasteiger partial charge >= 0.3 is 0 Å². The van der Waals surface area contributed by atoms with E-state index in [0.29, 0.717) is 0 Å². The number of benzene rings is 2. The number of ether oxygens (including phenoxy) is 2. The molecule has 0 unspecified atom stereocenters. The Bertz CT molecular complexity index is 972. The molecule has 0 amide bonds. The average Bonchev–Trinajstić information content (AvgIpc) is 3.39. The first kappa shape index (κ1) is 20.7. The summed E-state index contributed by atoms with van der Waals surface area (Å²) in [6, 6.07) is 16.3. The molecule has 1 saturated heterocycles. The fraction of sp³-hybridized carbons (Fsp3) is 0.364. The molecule has 0 aliphatic carbocycles. The molecule has 1 aliphatic heterocycles. The molecular formula is C22H27N5O2S. The van der Waals surface area contributed by atoms with Crippen LogP contribution >= 0.6 is 11.8 Å². The van der Waals surface area contributed by atoms with Crippen molar-refractivity contribution in [1.82, 2.24) is 20.1 Å². The Morgan fingerprint density at radius 1 is 1.13 bits per heavy atom. The van der Waals surface area contributed by atoms with Gasteiger partial charge in [-0.2, -0.15) is 0 Å². The lowest BCUT2D eigenvalue weighted by Crippen LogP contribution is -2.17. The second-order valence-corrected chi connectivity index (χ2v) is 8.42. The van der Waals surface area contributed by atoms with Gasteiger partial charge in [0.2, 0.25) is 0 Å². The van der Waals surface area contributed by atoms with Crippen molar-refractivity contribution in [3.63, 3.8) is 0 Å². The highest BCUT2D eigenvalue weighted by molar-refractivity contribution is 7.99. The van der Waals surface area contributed by atoms with Crippen molar-refractivity contribution in [3.8, 4) is 17.1 Å². The van der Waals surface area contributed by atoms with Crippen LogP contribution in [-0.2, 0) is 11.8 Å². The number of hydrogen-bond donors (Lipinski definition) is 1. The van der Waals surface area contributed by atoms with E-state index in [9.17, 15) is 0 Å². The standard InChI is InChI=1S/C22H27N5O2S/c1-26(2)17-9-5-16(6-10-17)21-23-13-19(29-21)14-30-22-25-24-20(27(22)3)15-7-11-18(28-4)12-8-15/h5-12,19,21,23H,13-14H2,1-4H3/t19-,21+/m1/s1. The second kappa shape index (κ2) is 9.07. The minimum Gasteiger partial charge on any atom is -0.497 e. The zero-order chi connectivity index (χ0) is 21.1. The zero-order valence-corrected chi connectivity index (χ0v) is 18.5. The molecule has 3 aromatic rings. The van der Waals surface area contributed by atoms with Gasteiger partial charge < -0.3 is 18.9 Å². The third-order valence-corrected chi connectivity index (χ3v) is 6.31. The number of hydrogen-bond acceptors (Lipinski definition) is 7. The molecular weight excluding hydrogens is 398 g/mol. The third-order valence-electron chi connectivity index (χ3n) is 5.15. The summed E-state index contributed by atoms with van der Waals surface area (Å²) >= 11 is 1.66. The molecule has 0 bridgehead atoms. The smallest absolute Gasteiger partial charge is 0.191 e. The Balaban J connectivity index is 1.34. The van der Waals surface area contributed by atoms with E-state index in [1.807, 2.05) is 50.0 Å². The first-order valence-electron chi connectivity index (χ1n) is 9.88. The summed E-state index contributed by atoms with van der Waals surface area (Å²) in [6.45, 7) is 0.816. The van der Waals surface area contributed by atoms with Crippen LogP contribution in [0.25, 0.3) is 11.4 Å². The molecule has 7 nitrogen and oxygen atoms in total. The fourth-order valence-corrected chi connectivity index (χ4v) is 4.28. The highest BCUT2D eigenvalue weighted by Gasteiger charge is 2.26. The number of nitrogens with one attached hydrogen (secondary N) is 1. The Morgan fingerprint density at radius 3 is 2.53 bits per heavy atom. The first-order valence-corrected chi connectivity index (χ1v) is 10.9. The van der Waals surface area contributed by atoms with E-state index in [-0.39, 0.29) is 12.3 Å². The molecule has 1 aliphatic rings. The molecule has 158 valence electrons. The van der Waals surface area contributed by atoms with Crippen LogP contribution in [0.15, 0.2) is 53.7 Å². The maximum absolute atomic E-state index is 6.21. The van der Waals surface area contributed by atoms with Crippen LogP contribution in [0.1, 0.15) is 11.8 Å². The zero-order valence-electron chi connectivity index (χ0n) is 17.7. The van der Waals surface area contributed by atoms with Gasteiger partial charge in [-0.25, -0.2) is 0 Å². The Morgan fingerprint density at radius 2 is 1.87 bits per heavy atom. The predicted octanol–water partition coefficient (Wildman–Crippen LogP) is 3.34. The van der Waals surface area contributed by atoms with Crippen LogP contribution in [0.3, 0.4) is 0 Å². The van der Waals surface area contributed by atoms with E-state index in [1.165, 1.54) is 5.69 Å². The maximum atomic E-state index is 6.21. The van der Waals surface area contributed by atoms with Gasteiger partial charge in [-0.1, -0.05) is 23.9 Å². The van der Waals surface area contributed by atoms with Gasteiger partial charge in [-0.15, -0.1) is 10.2 Å². The summed E-state index contributed by atoms with van der Waals surface area (Å²) in [5, 5.41) is 13.1. The van der Waals surface area contributed by atoms with E-state index in [1.54, 1.807) is 18.9 Å². The maximum Gasteiger partial charge on any atom is 0.191 e. The number of thioether (sulfide) groups is 1. The van der Waals surface area contributed by atoms with E-state index >= 15 is 0 Å². The summed E-state index contributed by atoms with van der Waals surface area (Å²) in [4.78, 5) is 2.09. The molecule has 2 heterocycles. The molecule has 30 heavy (non-hydrogen) atoms. The Hall–Kier alpha value is -2.55. The molecule has 0 saturated carbocycles. The topological polar surface area (TPSA) is 64.4 Å². The summed E-state index contributed by atoms with van der Waals surface area (Å²) in [5.41, 5.74) is 3.34. The molecule has 4 rings (SSSR count). The highest BCUT2D eigenvalue weighted by Crippen LogP contribution is 2.28. The van der Waals surface area contributed by atoms with Crippen molar-refractivity contribution in [1.29, 1.82) is 0 Å². The first-order chi connectivity index (χ1) is 14.5. The molecule has 1 N–H and O–H groups in total. The summed E-state index contributed by atoms with van der Waals surface area (Å²) in [7, 11) is 7.73. The third kappa shape index (κ3) is 4.45. The van der Waals surface area contributed by atoms with Gasteiger partial charge in [-0.05, 0) is 42.0 Å². The average molecular weight is 426 g/mol. The van der Waals surface area contributed by atoms with Crippen LogP contribution < -0.4 is 15.0 Å². The molecule has 2 aromatic carbocycles. The lowest BCUT2D eigenvalue weighted by atomic mass is 10.2. The van der Waals surface area contributed by atoms with Gasteiger partial charge in [0.1, 0.15) is 12.0 Å². The predicted molar refractivity (Wildman–Crippen MR) is 120 cm³/mol. The quantitative estimate of drug-likeness (QED) is 0.583. The monoisotopic (exact) mass is 425 g/mol. The van der Waals surface area contributed by atoms with E-state index in [4.69, 9.17) is 9.47 Å². The van der Waals surface area contributed by atoms with Crippen molar-refractivity contribution >= 4 is 17.4 Å². The van der Waals surface area contributed by atoms with Crippen LogP contribution in [-0.4, -0.2) is 54.4 Å². The van der Waals surface area contributed by atoms with Gasteiger partial charge in [0.15, 0.2) is 11.0 Å². The van der Waals surface area contributed by atoms with Crippen LogP contribution in [0, 0.1) is 0 Å². The number of methoxy groups -OCH3 is 1. The number of aromatic nitrogens is 3. The minimum absolute atomic E-state index is 0.0684. The van der Waals surface area contributed by atoms with Crippen molar-refractivity contribution in [2.45, 2.75) is 17.5 Å². The van der Waals surface area contributed by atoms with Crippen LogP contribution in [0.4, 0.5) is 5.69 Å². The number of nitrogens with zero attached hydrogens (tertiary/aromatic N) is 4. The number of rotatable bonds is 7. The second-order valence-electron chi connectivity index (χ2n) is 7.44. The van der Waals surface area contributed by atoms with Gasteiger partial charge in [-0.3, -0.25) is 5.32 Å². The van der Waals surface area contributed by atoms with Crippen molar-refractivity contribution < 1.29 is 9.47 Å². The highest BCUT2D eigenvalue weighted by atomic mass is 32.2. The van der Waals surface area contributed by atoms with Gasteiger partial charge in [0.05, 0.1) is 13.2 Å². The SMILES string of the molecule is COc1ccc(-c2nnc(SC[C@H]3CN[C@H](c4ccc(N(C)C)cc4)O3)n2C)cc1. The van der Waals surface area contributed by atoms with Crippen molar-refractivity contribution in [2.24, 2.45) is 7.05 Å². The van der Waals surface area contributed by atoms with Crippen LogP contribution in [0.5, 0.6) is 5.75 Å². The Kier molecular flexibility index (Phi) is 6.26. The lowest BCUT2D eigenvalue weighted by molar-refractivity contribution is 0.0534. The van der Waals surface area contributed by atoms with Crippen molar-refractivity contribution in [2.75, 3.05) is 38.4 Å². The van der Waals surface area contributed by atoms with Gasteiger partial charge in [0.25, 0.3) is 0 Å². The lowest BCUT2D eigenvalue weighted by Gasteiger charge is -2.16. The van der Waals surface area contributed by atoms with E-state index < -0.39 is 0 Å². The Labute approximate surface area is 181 Å². The molecule has 1 aromatic heterocycles. The van der Waals surface area contributed by atoms with Gasteiger partial charge in [0, 0.05) is 44.7 Å². The summed E-state index contributed by atoms with van der Waals surface area (Å²) in [5.74, 6) is 2.48. The van der Waals surface area contributed by atoms with Crippen molar-refractivity contribution in [3.05, 3.63) is 54.1 Å². The fourth-order valence-electron chi connectivity index (χ4n) is 3.37. The molecule has 2 atom stereocenters. The normalized spacial score (nSPS) is 18.5.